The van der Waals surface area contributed by atoms with Crippen molar-refractivity contribution in [2.24, 2.45) is 5.92 Å². The SMILES string of the molecule is COCCN(CC(C)C)S(=O)(=O)c1sccc1Br. The van der Waals surface area contributed by atoms with E-state index in [4.69, 9.17) is 4.74 Å². The molecule has 0 saturated heterocycles. The van der Waals surface area contributed by atoms with Gasteiger partial charge in [-0.25, -0.2) is 8.42 Å². The molecule has 0 N–H and O–H groups in total. The molecule has 0 saturated carbocycles. The third-order valence-corrected chi connectivity index (χ3v) is 6.78. The quantitative estimate of drug-likeness (QED) is 0.755. The molecular formula is C11H18BrNO3S2. The Morgan fingerprint density at radius 2 is 2.17 bits per heavy atom. The molecule has 0 aromatic carbocycles. The number of thiophene rings is 1. The molecule has 0 bridgehead atoms. The lowest BCUT2D eigenvalue weighted by Crippen LogP contribution is -2.36. The maximum atomic E-state index is 12.5. The van der Waals surface area contributed by atoms with Crippen LogP contribution in [0.15, 0.2) is 20.1 Å². The van der Waals surface area contributed by atoms with Crippen molar-refractivity contribution >= 4 is 37.3 Å². The molecule has 1 rings (SSSR count). The molecule has 0 aliphatic rings. The van der Waals surface area contributed by atoms with Crippen molar-refractivity contribution in [3.05, 3.63) is 15.9 Å². The molecule has 0 fully saturated rings. The largest absolute Gasteiger partial charge is 0.383 e. The Kier molecular flexibility index (Phi) is 6.26. The molecule has 1 aromatic rings. The Morgan fingerprint density at radius 3 is 2.61 bits per heavy atom. The first kappa shape index (κ1) is 16.1. The second kappa shape index (κ2) is 7.00. The molecule has 0 aliphatic carbocycles. The molecule has 0 spiro atoms. The number of ether oxygens (including phenoxy) is 1. The van der Waals surface area contributed by atoms with E-state index in [0.717, 1.165) is 0 Å². The monoisotopic (exact) mass is 355 g/mol. The number of nitrogens with zero attached hydrogens (tertiary/aromatic N) is 1. The van der Waals surface area contributed by atoms with E-state index in [-0.39, 0.29) is 5.92 Å². The second-order valence-corrected chi connectivity index (χ2v) is 8.21. The maximum absolute atomic E-state index is 12.5. The Bertz CT molecular complexity index is 470. The fraction of sp³-hybridized carbons (Fsp3) is 0.636. The summed E-state index contributed by atoms with van der Waals surface area (Å²) in [7, 11) is -1.86. The third-order valence-electron chi connectivity index (χ3n) is 2.27. The summed E-state index contributed by atoms with van der Waals surface area (Å²) < 4.78 is 32.5. The van der Waals surface area contributed by atoms with Crippen LogP contribution in [-0.2, 0) is 14.8 Å². The van der Waals surface area contributed by atoms with Gasteiger partial charge in [0.15, 0.2) is 0 Å². The van der Waals surface area contributed by atoms with Gasteiger partial charge in [0.2, 0.25) is 0 Å². The van der Waals surface area contributed by atoms with Gasteiger partial charge >= 0.3 is 0 Å². The van der Waals surface area contributed by atoms with Crippen molar-refractivity contribution in [1.82, 2.24) is 4.31 Å². The van der Waals surface area contributed by atoms with E-state index in [9.17, 15) is 8.42 Å². The van der Waals surface area contributed by atoms with E-state index >= 15 is 0 Å². The van der Waals surface area contributed by atoms with E-state index < -0.39 is 10.0 Å². The van der Waals surface area contributed by atoms with Gasteiger partial charge in [-0.15, -0.1) is 11.3 Å². The number of hydrogen-bond donors (Lipinski definition) is 0. The Labute approximate surface area is 121 Å². The van der Waals surface area contributed by atoms with Gasteiger partial charge in [-0.2, -0.15) is 4.31 Å². The summed E-state index contributed by atoms with van der Waals surface area (Å²) in [5.41, 5.74) is 0. The van der Waals surface area contributed by atoms with Gasteiger partial charge in [-0.05, 0) is 33.3 Å². The number of halogens is 1. The van der Waals surface area contributed by atoms with Gasteiger partial charge in [0.1, 0.15) is 4.21 Å². The summed E-state index contributed by atoms with van der Waals surface area (Å²) >= 11 is 4.51. The molecule has 0 atom stereocenters. The molecule has 1 heterocycles. The maximum Gasteiger partial charge on any atom is 0.253 e. The highest BCUT2D eigenvalue weighted by atomic mass is 79.9. The number of sulfonamides is 1. The average molecular weight is 356 g/mol. The standard InChI is InChI=1S/C11H18BrNO3S2/c1-9(2)8-13(5-6-16-3)18(14,15)11-10(12)4-7-17-11/h4,7,9H,5-6,8H2,1-3H3. The molecule has 0 unspecified atom stereocenters. The van der Waals surface area contributed by atoms with Gasteiger partial charge in [-0.3, -0.25) is 0 Å². The lowest BCUT2D eigenvalue weighted by molar-refractivity contribution is 0.175. The van der Waals surface area contributed by atoms with E-state index in [1.54, 1.807) is 18.6 Å². The van der Waals surface area contributed by atoms with Crippen LogP contribution in [0.1, 0.15) is 13.8 Å². The summed E-state index contributed by atoms with van der Waals surface area (Å²) in [4.78, 5) is 0. The molecule has 18 heavy (non-hydrogen) atoms. The lowest BCUT2D eigenvalue weighted by atomic mass is 10.2. The van der Waals surface area contributed by atoms with E-state index in [1.165, 1.54) is 15.6 Å². The van der Waals surface area contributed by atoms with Gasteiger partial charge in [0.05, 0.1) is 6.61 Å². The van der Waals surface area contributed by atoms with Crippen molar-refractivity contribution < 1.29 is 13.2 Å². The molecule has 7 heteroatoms. The summed E-state index contributed by atoms with van der Waals surface area (Å²) in [5, 5.41) is 1.76. The van der Waals surface area contributed by atoms with Crippen molar-refractivity contribution in [3.63, 3.8) is 0 Å². The van der Waals surface area contributed by atoms with Crippen LogP contribution < -0.4 is 0 Å². The van der Waals surface area contributed by atoms with Gasteiger partial charge < -0.3 is 4.74 Å². The molecule has 1 aromatic heterocycles. The minimum Gasteiger partial charge on any atom is -0.383 e. The normalized spacial score (nSPS) is 12.6. The van der Waals surface area contributed by atoms with E-state index in [2.05, 4.69) is 15.9 Å². The second-order valence-electron chi connectivity index (χ2n) is 4.31. The van der Waals surface area contributed by atoms with Crippen LogP contribution in [0.5, 0.6) is 0 Å². The summed E-state index contributed by atoms with van der Waals surface area (Å²) in [6.45, 7) is 5.27. The molecular weight excluding hydrogens is 338 g/mol. The van der Waals surface area contributed by atoms with Crippen LogP contribution in [0.2, 0.25) is 0 Å². The number of hydrogen-bond acceptors (Lipinski definition) is 4. The highest BCUT2D eigenvalue weighted by molar-refractivity contribution is 9.10. The fourth-order valence-electron chi connectivity index (χ4n) is 1.49. The minimum absolute atomic E-state index is 0.273. The number of rotatable bonds is 7. The topological polar surface area (TPSA) is 46.6 Å². The smallest absolute Gasteiger partial charge is 0.253 e. The minimum atomic E-state index is -3.43. The first-order valence-corrected chi connectivity index (χ1v) is 8.73. The van der Waals surface area contributed by atoms with Gasteiger partial charge in [-0.1, -0.05) is 13.8 Å². The highest BCUT2D eigenvalue weighted by Crippen LogP contribution is 2.30. The summed E-state index contributed by atoms with van der Waals surface area (Å²) in [6, 6.07) is 1.75. The van der Waals surface area contributed by atoms with Crippen LogP contribution in [0.4, 0.5) is 0 Å². The molecule has 104 valence electrons. The summed E-state index contributed by atoms with van der Waals surface area (Å²) in [5.74, 6) is 0.273. The Balaban J connectivity index is 2.99. The zero-order valence-electron chi connectivity index (χ0n) is 10.7. The zero-order chi connectivity index (χ0) is 13.8. The highest BCUT2D eigenvalue weighted by Gasteiger charge is 2.27. The van der Waals surface area contributed by atoms with Gasteiger partial charge in [0.25, 0.3) is 10.0 Å². The molecule has 0 radical (unpaired) electrons. The van der Waals surface area contributed by atoms with Crippen molar-refractivity contribution in [2.45, 2.75) is 18.1 Å². The third kappa shape index (κ3) is 4.03. The Hall–Kier alpha value is 0.0500. The van der Waals surface area contributed by atoms with Crippen LogP contribution in [-0.4, -0.2) is 39.5 Å². The number of methoxy groups -OCH3 is 1. The van der Waals surface area contributed by atoms with Crippen LogP contribution >= 0.6 is 27.3 Å². The van der Waals surface area contributed by atoms with Crippen LogP contribution in [0.3, 0.4) is 0 Å². The first-order chi connectivity index (χ1) is 8.39. The molecule has 0 aliphatic heterocycles. The van der Waals surface area contributed by atoms with Crippen molar-refractivity contribution in [2.75, 3.05) is 26.8 Å². The lowest BCUT2D eigenvalue weighted by Gasteiger charge is -2.23. The fourth-order valence-corrected chi connectivity index (χ4v) is 5.53. The predicted octanol–water partition coefficient (Wildman–Crippen LogP) is 2.80. The van der Waals surface area contributed by atoms with Crippen LogP contribution in [0.25, 0.3) is 0 Å². The average Bonchev–Trinajstić information content (AvgIpc) is 2.70. The van der Waals surface area contributed by atoms with E-state index in [0.29, 0.717) is 28.4 Å². The molecule has 4 nitrogen and oxygen atoms in total. The van der Waals surface area contributed by atoms with Crippen molar-refractivity contribution in [3.8, 4) is 0 Å². The first-order valence-electron chi connectivity index (χ1n) is 5.61. The molecule has 0 amide bonds. The van der Waals surface area contributed by atoms with E-state index in [1.807, 2.05) is 13.8 Å². The van der Waals surface area contributed by atoms with Gasteiger partial charge in [0, 0.05) is 24.7 Å². The zero-order valence-corrected chi connectivity index (χ0v) is 13.9. The van der Waals surface area contributed by atoms with Crippen LogP contribution in [0, 0.1) is 5.92 Å². The Morgan fingerprint density at radius 1 is 1.50 bits per heavy atom. The predicted molar refractivity (Wildman–Crippen MR) is 77.5 cm³/mol. The summed E-state index contributed by atoms with van der Waals surface area (Å²) in [6.07, 6.45) is 0. The van der Waals surface area contributed by atoms with Crippen molar-refractivity contribution in [1.29, 1.82) is 0 Å².